The molecule has 0 saturated carbocycles. The van der Waals surface area contributed by atoms with Crippen LogP contribution in [-0.4, -0.2) is 15.0 Å². The van der Waals surface area contributed by atoms with E-state index in [1.165, 1.54) is 0 Å². The molecule has 4 heteroatoms. The van der Waals surface area contributed by atoms with Crippen LogP contribution < -0.4 is 0 Å². The van der Waals surface area contributed by atoms with E-state index in [1.807, 2.05) is 18.6 Å². The SMILES string of the molecule is [Ir+3].[c-]1cc2ccc1c1ccc(cn1)c1ccccc1c1cc3cc(c1)c1ccccc1c1ccc(nc1)c1[c-]cc(cc1)c1ccccc1c1cc(cc(c1)c1ccccc1c1c[c-]c(cc1)c1ccc(cn1)c1ccccc31)c1ccccc21. The van der Waals surface area contributed by atoms with Crippen LogP contribution in [0.5, 0.6) is 0 Å². The second kappa shape index (κ2) is 21.7. The monoisotopic (exact) mass is 1260 g/mol. The number of benzene rings is 11. The third kappa shape index (κ3) is 9.45. The second-order valence-corrected chi connectivity index (χ2v) is 21.6. The average molecular weight is 1260 g/mol. The Morgan fingerprint density at radius 3 is 0.553 bits per heavy atom. The molecule has 41 rings (SSSR count). The Kier molecular flexibility index (Phi) is 13.1. The first-order valence-corrected chi connectivity index (χ1v) is 28.4. The molecule has 0 N–H and O–H groups in total. The fourth-order valence-corrected chi connectivity index (χ4v) is 12.5. The molecule has 0 aliphatic rings. The number of hydrogen-bond donors (Lipinski definition) is 0. The molecule has 18 bridgehead atoms. The maximum absolute atomic E-state index is 5.14. The Bertz CT molecular complexity index is 4750. The molecule has 41 aromatic rings. The zero-order valence-electron chi connectivity index (χ0n) is 45.9. The largest absolute Gasteiger partial charge is 3.00 e. The molecule has 85 heavy (non-hydrogen) atoms. The minimum absolute atomic E-state index is 0. The van der Waals surface area contributed by atoms with E-state index in [-0.39, 0.29) is 20.1 Å². The first kappa shape index (κ1) is 51.4. The summed E-state index contributed by atoms with van der Waals surface area (Å²) >= 11 is 0. The molecule has 0 unspecified atom stereocenters. The van der Waals surface area contributed by atoms with Gasteiger partial charge in [0.15, 0.2) is 0 Å². The van der Waals surface area contributed by atoms with Gasteiger partial charge in [-0.3, -0.25) is 0 Å². The first-order valence-electron chi connectivity index (χ1n) is 28.4. The van der Waals surface area contributed by atoms with Crippen LogP contribution >= 0.6 is 0 Å². The molecular weight excluding hydrogens is 1210 g/mol. The summed E-state index contributed by atoms with van der Waals surface area (Å²) in [5.74, 6) is 0. The zero-order valence-corrected chi connectivity index (χ0v) is 48.3. The van der Waals surface area contributed by atoms with Crippen LogP contribution in [0.1, 0.15) is 0 Å². The summed E-state index contributed by atoms with van der Waals surface area (Å²) < 4.78 is 0. The molecule has 0 radical (unpaired) electrons. The molecular formula is C81H48IrN3. The second-order valence-electron chi connectivity index (χ2n) is 21.6. The quantitative estimate of drug-likeness (QED) is 0.142. The molecule has 0 aliphatic carbocycles. The van der Waals surface area contributed by atoms with E-state index >= 15 is 0 Å². The van der Waals surface area contributed by atoms with E-state index in [1.54, 1.807) is 0 Å². The van der Waals surface area contributed by atoms with Crippen molar-refractivity contribution in [3.05, 3.63) is 310 Å². The van der Waals surface area contributed by atoms with Crippen LogP contribution in [0.4, 0.5) is 0 Å². The van der Waals surface area contributed by atoms with Crippen molar-refractivity contribution in [2.45, 2.75) is 0 Å². The molecule has 22 aromatic carbocycles. The molecule has 0 fully saturated rings. The Balaban J connectivity index is 0.00000613. The summed E-state index contributed by atoms with van der Waals surface area (Å²) in [5, 5.41) is 28.9. The number of pyridine rings is 3. The van der Waals surface area contributed by atoms with Gasteiger partial charge in [-0.1, -0.05) is 214 Å². The molecule has 19 heterocycles. The van der Waals surface area contributed by atoms with Gasteiger partial charge in [-0.25, -0.2) is 0 Å². The smallest absolute Gasteiger partial charge is 0.304 e. The third-order valence-corrected chi connectivity index (χ3v) is 16.7. The fraction of sp³-hybridized carbons (Fsp3) is 0. The normalized spacial score (nSPS) is 11.4. The summed E-state index contributed by atoms with van der Waals surface area (Å²) in [6.07, 6.45) is 6.01. The number of rotatable bonds is 0. The summed E-state index contributed by atoms with van der Waals surface area (Å²) in [4.78, 5) is 15.4. The molecule has 0 spiro atoms. The predicted molar refractivity (Wildman–Crippen MR) is 358 cm³/mol. The average Bonchev–Trinajstić information content (AvgIpc) is 3.68. The van der Waals surface area contributed by atoms with Gasteiger partial charge in [-0.05, 0) is 150 Å². The maximum atomic E-state index is 5.14. The van der Waals surface area contributed by atoms with Gasteiger partial charge in [0.1, 0.15) is 0 Å². The van der Waals surface area contributed by atoms with Crippen molar-refractivity contribution >= 4 is 162 Å². The number of hydrogen-bond acceptors (Lipinski definition) is 3. The van der Waals surface area contributed by atoms with Crippen LogP contribution in [0.3, 0.4) is 0 Å². The van der Waals surface area contributed by atoms with Crippen molar-refractivity contribution in [3.8, 4) is 0 Å². The van der Waals surface area contributed by atoms with Crippen LogP contribution in [0.15, 0.2) is 292 Å². The van der Waals surface area contributed by atoms with Crippen LogP contribution in [0.25, 0.3) is 162 Å². The summed E-state index contributed by atoms with van der Waals surface area (Å²) in [6.45, 7) is 0. The van der Waals surface area contributed by atoms with Gasteiger partial charge in [0.05, 0.1) is 0 Å². The van der Waals surface area contributed by atoms with Gasteiger partial charge in [-0.2, -0.15) is 0 Å². The minimum atomic E-state index is 0. The number of aromatic nitrogens is 3. The van der Waals surface area contributed by atoms with Crippen LogP contribution in [0.2, 0.25) is 0 Å². The Morgan fingerprint density at radius 2 is 0.376 bits per heavy atom. The standard InChI is InChI=1S/C81H48N3.Ir/c1-7-19-73-61-43-62-45-63(44-61)75-21-9-3-15-69(75)54-29-35-57(36-30-54)81-42-39-60(51-84-81)72-18-6-12-24-78(72)66-47-64(76-22-10-4-16-70(76)58-37-40-79(82-49-58)55-31-25-52(26-32-55)67(73)13-1)46-65(48-66)77-23-11-5-17-71(77)59-38-41-80(83-50-59)56-33-27-53(28-34-56)68-14-2-8-20-74(62)68;/h1-31,33,35,37-51H;/q-3;+3. The van der Waals surface area contributed by atoms with E-state index in [4.69, 9.17) is 15.0 Å². The molecule has 0 atom stereocenters. The van der Waals surface area contributed by atoms with Crippen LogP contribution in [-0.2, 0) is 20.1 Å². The summed E-state index contributed by atoms with van der Waals surface area (Å²) in [5.41, 5.74) is 2.56. The van der Waals surface area contributed by atoms with E-state index in [0.717, 1.165) is 162 Å². The van der Waals surface area contributed by atoms with E-state index in [9.17, 15) is 0 Å². The van der Waals surface area contributed by atoms with Gasteiger partial charge in [0.2, 0.25) is 0 Å². The zero-order chi connectivity index (χ0) is 55.5. The van der Waals surface area contributed by atoms with E-state index < -0.39 is 0 Å². The molecule has 0 saturated heterocycles. The summed E-state index contributed by atoms with van der Waals surface area (Å²) in [6, 6.07) is 110. The van der Waals surface area contributed by atoms with E-state index in [0.29, 0.717) is 0 Å². The molecule has 3 nitrogen and oxygen atoms in total. The summed E-state index contributed by atoms with van der Waals surface area (Å²) in [7, 11) is 0. The molecule has 0 amide bonds. The first-order chi connectivity index (χ1) is 41.6. The van der Waals surface area contributed by atoms with Crippen molar-refractivity contribution in [1.82, 2.24) is 15.0 Å². The Morgan fingerprint density at radius 1 is 0.188 bits per heavy atom. The minimum Gasteiger partial charge on any atom is -0.304 e. The van der Waals surface area contributed by atoms with Gasteiger partial charge in [0.25, 0.3) is 0 Å². The van der Waals surface area contributed by atoms with Crippen molar-refractivity contribution in [1.29, 1.82) is 0 Å². The molecule has 0 aliphatic heterocycles. The molecule has 396 valence electrons. The van der Waals surface area contributed by atoms with Gasteiger partial charge < -0.3 is 15.0 Å². The third-order valence-electron chi connectivity index (χ3n) is 16.7. The fourth-order valence-electron chi connectivity index (χ4n) is 12.5. The van der Waals surface area contributed by atoms with Gasteiger partial charge in [-0.15, -0.1) is 89.0 Å². The van der Waals surface area contributed by atoms with Gasteiger partial charge in [0, 0.05) is 18.6 Å². The Labute approximate surface area is 503 Å². The maximum Gasteiger partial charge on any atom is 3.00 e. The van der Waals surface area contributed by atoms with Crippen molar-refractivity contribution in [2.75, 3.05) is 0 Å². The van der Waals surface area contributed by atoms with Crippen LogP contribution in [0, 0.1) is 18.2 Å². The van der Waals surface area contributed by atoms with Crippen molar-refractivity contribution in [2.24, 2.45) is 0 Å². The Hall–Kier alpha value is -10.5. The van der Waals surface area contributed by atoms with Crippen molar-refractivity contribution < 1.29 is 20.1 Å². The predicted octanol–water partition coefficient (Wildman–Crippen LogP) is 21.6. The number of nitrogens with zero attached hydrogens (tertiary/aromatic N) is 3. The van der Waals surface area contributed by atoms with Gasteiger partial charge >= 0.3 is 20.1 Å². The molecule has 19 aromatic heterocycles. The van der Waals surface area contributed by atoms with E-state index in [2.05, 4.69) is 291 Å². The topological polar surface area (TPSA) is 38.7 Å². The van der Waals surface area contributed by atoms with Crippen molar-refractivity contribution in [3.63, 3.8) is 0 Å².